The van der Waals surface area contributed by atoms with Crippen LogP contribution in [0.5, 0.6) is 0 Å². The summed E-state index contributed by atoms with van der Waals surface area (Å²) in [5.74, 6) is 2.72. The number of rotatable bonds is 2. The molecule has 5 heteroatoms. The van der Waals surface area contributed by atoms with Gasteiger partial charge in [0.15, 0.2) is 0 Å². The van der Waals surface area contributed by atoms with Gasteiger partial charge in [-0.05, 0) is 57.4 Å². The molecule has 1 heterocycles. The average Bonchev–Trinajstić information content (AvgIpc) is 2.54. The number of terminal acetylenes is 1. The summed E-state index contributed by atoms with van der Waals surface area (Å²) in [6.07, 6.45) is 5.36. The lowest BCUT2D eigenvalue weighted by Gasteiger charge is -2.36. The molecular weight excluding hydrogens is 314 g/mol. The van der Waals surface area contributed by atoms with E-state index in [-0.39, 0.29) is 6.09 Å². The van der Waals surface area contributed by atoms with E-state index in [4.69, 9.17) is 16.9 Å². The molecule has 5 nitrogen and oxygen atoms in total. The number of amides is 1. The van der Waals surface area contributed by atoms with Gasteiger partial charge in [0.1, 0.15) is 5.60 Å². The lowest BCUT2D eigenvalue weighted by Crippen LogP contribution is -2.49. The van der Waals surface area contributed by atoms with Crippen molar-refractivity contribution in [2.24, 2.45) is 0 Å². The quantitative estimate of drug-likeness (QED) is 0.663. The second-order valence-electron chi connectivity index (χ2n) is 7.63. The van der Waals surface area contributed by atoms with E-state index in [0.717, 1.165) is 47.6 Å². The summed E-state index contributed by atoms with van der Waals surface area (Å²) in [5, 5.41) is 0. The first-order chi connectivity index (χ1) is 11.6. The Kier molecular flexibility index (Phi) is 5.64. The topological polar surface area (TPSA) is 58.8 Å². The number of ether oxygens (including phenoxy) is 1. The fraction of sp³-hybridized carbons (Fsp3) is 0.550. The van der Waals surface area contributed by atoms with Gasteiger partial charge in [0.05, 0.1) is 0 Å². The van der Waals surface area contributed by atoms with E-state index in [1.165, 1.54) is 0 Å². The van der Waals surface area contributed by atoms with Gasteiger partial charge in [0.25, 0.3) is 0 Å². The minimum Gasteiger partial charge on any atom is -0.444 e. The summed E-state index contributed by atoms with van der Waals surface area (Å²) in [5.41, 5.74) is 10.6. The Hall–Kier alpha value is -2.19. The number of piperazine rings is 1. The molecule has 0 spiro atoms. The molecule has 0 saturated carbocycles. The molecule has 1 aliphatic heterocycles. The number of nitrogens with zero attached hydrogens (tertiary/aromatic N) is 2. The van der Waals surface area contributed by atoms with Gasteiger partial charge in [-0.25, -0.2) is 4.79 Å². The standard InChI is InChI=1S/C20H29N3O2/c1-7-16-12-17(15(3)18(21)14(16)2)13-22-8-10-23(11-9-22)19(24)25-20(4,5)6/h1,12H,8-11,13,21H2,2-6H3. The first-order valence-electron chi connectivity index (χ1n) is 8.68. The maximum absolute atomic E-state index is 12.1. The van der Waals surface area contributed by atoms with E-state index in [2.05, 4.69) is 16.9 Å². The zero-order chi connectivity index (χ0) is 18.8. The maximum Gasteiger partial charge on any atom is 0.410 e. The predicted octanol–water partition coefficient (Wildman–Crippen LogP) is 2.92. The molecule has 136 valence electrons. The maximum atomic E-state index is 12.1. The summed E-state index contributed by atoms with van der Waals surface area (Å²) in [6, 6.07) is 2.06. The van der Waals surface area contributed by atoms with Crippen molar-refractivity contribution in [3.8, 4) is 12.3 Å². The van der Waals surface area contributed by atoms with Gasteiger partial charge in [-0.1, -0.05) is 5.92 Å². The fourth-order valence-electron chi connectivity index (χ4n) is 2.96. The predicted molar refractivity (Wildman–Crippen MR) is 101 cm³/mol. The number of nitrogens with two attached hydrogens (primary N) is 1. The van der Waals surface area contributed by atoms with Crippen LogP contribution in [0.15, 0.2) is 6.07 Å². The smallest absolute Gasteiger partial charge is 0.410 e. The highest BCUT2D eigenvalue weighted by Gasteiger charge is 2.26. The molecule has 0 aromatic heterocycles. The summed E-state index contributed by atoms with van der Waals surface area (Å²) in [4.78, 5) is 16.2. The molecular formula is C20H29N3O2. The minimum absolute atomic E-state index is 0.238. The highest BCUT2D eigenvalue weighted by Crippen LogP contribution is 2.25. The molecule has 1 saturated heterocycles. The summed E-state index contributed by atoms with van der Waals surface area (Å²) < 4.78 is 5.44. The van der Waals surface area contributed by atoms with Crippen LogP contribution in [0.3, 0.4) is 0 Å². The number of carbonyl (C=O) groups excluding carboxylic acids is 1. The van der Waals surface area contributed by atoms with E-state index < -0.39 is 5.60 Å². The van der Waals surface area contributed by atoms with Gasteiger partial charge >= 0.3 is 6.09 Å². The third-order valence-corrected chi connectivity index (χ3v) is 4.59. The normalized spacial score (nSPS) is 15.8. The van der Waals surface area contributed by atoms with Crippen LogP contribution < -0.4 is 5.73 Å². The van der Waals surface area contributed by atoms with Crippen LogP contribution >= 0.6 is 0 Å². The van der Waals surface area contributed by atoms with Gasteiger partial charge < -0.3 is 15.4 Å². The zero-order valence-electron chi connectivity index (χ0n) is 16.0. The van der Waals surface area contributed by atoms with E-state index in [1.807, 2.05) is 34.6 Å². The summed E-state index contributed by atoms with van der Waals surface area (Å²) in [7, 11) is 0. The molecule has 2 N–H and O–H groups in total. The lowest BCUT2D eigenvalue weighted by atomic mass is 9.97. The second-order valence-corrected chi connectivity index (χ2v) is 7.63. The molecule has 0 radical (unpaired) electrons. The molecule has 1 amide bonds. The monoisotopic (exact) mass is 343 g/mol. The van der Waals surface area contributed by atoms with Crippen molar-refractivity contribution in [1.29, 1.82) is 0 Å². The Bertz CT molecular complexity index is 690. The largest absolute Gasteiger partial charge is 0.444 e. The first kappa shape index (κ1) is 19.1. The molecule has 1 aliphatic rings. The second kappa shape index (κ2) is 7.37. The number of benzene rings is 1. The van der Waals surface area contributed by atoms with Crippen LogP contribution in [0.2, 0.25) is 0 Å². The number of hydrogen-bond donors (Lipinski definition) is 1. The summed E-state index contributed by atoms with van der Waals surface area (Å²) in [6.45, 7) is 13.4. The van der Waals surface area contributed by atoms with Crippen molar-refractivity contribution in [1.82, 2.24) is 9.80 Å². The summed E-state index contributed by atoms with van der Waals surface area (Å²) >= 11 is 0. The van der Waals surface area contributed by atoms with E-state index in [0.29, 0.717) is 13.1 Å². The van der Waals surface area contributed by atoms with E-state index in [1.54, 1.807) is 4.90 Å². The van der Waals surface area contributed by atoms with Gasteiger partial charge in [0.2, 0.25) is 0 Å². The number of hydrogen-bond acceptors (Lipinski definition) is 4. The van der Waals surface area contributed by atoms with Crippen molar-refractivity contribution in [3.05, 3.63) is 28.3 Å². The fourth-order valence-corrected chi connectivity index (χ4v) is 2.96. The van der Waals surface area contributed by atoms with E-state index in [9.17, 15) is 4.79 Å². The molecule has 1 aromatic rings. The SMILES string of the molecule is C#Cc1cc(CN2CCN(C(=O)OC(C)(C)C)CC2)c(C)c(N)c1C. The molecule has 0 bridgehead atoms. The van der Waals surface area contributed by atoms with Crippen LogP contribution in [0.25, 0.3) is 0 Å². The Labute approximate surface area is 151 Å². The molecule has 1 fully saturated rings. The molecule has 2 rings (SSSR count). The average molecular weight is 343 g/mol. The van der Waals surface area contributed by atoms with E-state index >= 15 is 0 Å². The zero-order valence-corrected chi connectivity index (χ0v) is 16.0. The third kappa shape index (κ3) is 4.67. The van der Waals surface area contributed by atoms with Crippen LogP contribution in [-0.2, 0) is 11.3 Å². The lowest BCUT2D eigenvalue weighted by molar-refractivity contribution is 0.0139. The van der Waals surface area contributed by atoms with Crippen molar-refractivity contribution >= 4 is 11.8 Å². The Morgan fingerprint density at radius 3 is 2.36 bits per heavy atom. The molecule has 25 heavy (non-hydrogen) atoms. The van der Waals surface area contributed by atoms with Gasteiger partial charge in [-0.2, -0.15) is 0 Å². The minimum atomic E-state index is -0.462. The molecule has 0 aliphatic carbocycles. The Balaban J connectivity index is 2.00. The van der Waals surface area contributed by atoms with Crippen LogP contribution in [-0.4, -0.2) is 47.7 Å². The van der Waals surface area contributed by atoms with Gasteiger partial charge in [-0.3, -0.25) is 4.90 Å². The highest BCUT2D eigenvalue weighted by molar-refractivity contribution is 5.68. The van der Waals surface area contributed by atoms with Crippen molar-refractivity contribution < 1.29 is 9.53 Å². The number of anilines is 1. The highest BCUT2D eigenvalue weighted by atomic mass is 16.6. The molecule has 1 aromatic carbocycles. The van der Waals surface area contributed by atoms with Crippen molar-refractivity contribution in [2.75, 3.05) is 31.9 Å². The molecule has 0 unspecified atom stereocenters. The number of nitrogen functional groups attached to an aromatic ring is 1. The Morgan fingerprint density at radius 2 is 1.84 bits per heavy atom. The van der Waals surface area contributed by atoms with Crippen LogP contribution in [0.4, 0.5) is 10.5 Å². The first-order valence-corrected chi connectivity index (χ1v) is 8.68. The molecule has 0 atom stereocenters. The Morgan fingerprint density at radius 1 is 1.24 bits per heavy atom. The van der Waals surface area contributed by atoms with Gasteiger partial charge in [-0.15, -0.1) is 6.42 Å². The number of carbonyl (C=O) groups is 1. The van der Waals surface area contributed by atoms with Gasteiger partial charge in [0, 0.05) is 44.0 Å². The van der Waals surface area contributed by atoms with Crippen molar-refractivity contribution in [3.63, 3.8) is 0 Å². The third-order valence-electron chi connectivity index (χ3n) is 4.59. The van der Waals surface area contributed by atoms with Crippen LogP contribution in [0.1, 0.15) is 43.0 Å². The van der Waals surface area contributed by atoms with Crippen LogP contribution in [0, 0.1) is 26.2 Å². The van der Waals surface area contributed by atoms with Crippen molar-refractivity contribution in [2.45, 2.75) is 46.8 Å².